The molecule has 34 heavy (non-hydrogen) atoms. The molecule has 0 spiro atoms. The molecule has 0 saturated carbocycles. The Balaban J connectivity index is 1.75. The van der Waals surface area contributed by atoms with Gasteiger partial charge >= 0.3 is 6.18 Å². The number of piperazine rings is 1. The molecule has 0 aliphatic carbocycles. The fourth-order valence-corrected chi connectivity index (χ4v) is 4.50. The van der Waals surface area contributed by atoms with Crippen molar-refractivity contribution in [2.45, 2.75) is 11.1 Å². The largest absolute Gasteiger partial charge is 0.416 e. The van der Waals surface area contributed by atoms with Gasteiger partial charge in [-0.2, -0.15) is 18.4 Å². The van der Waals surface area contributed by atoms with E-state index in [0.29, 0.717) is 24.2 Å². The zero-order valence-corrected chi connectivity index (χ0v) is 18.2. The summed E-state index contributed by atoms with van der Waals surface area (Å²) in [6.45, 7) is 0.819. The summed E-state index contributed by atoms with van der Waals surface area (Å²) in [7, 11) is 0. The molecule has 1 saturated heterocycles. The van der Waals surface area contributed by atoms with E-state index in [1.165, 1.54) is 24.4 Å². The molecule has 12 heteroatoms. The highest BCUT2D eigenvalue weighted by atomic mass is 32.2. The number of hydrogen-bond acceptors (Lipinski definition) is 7. The van der Waals surface area contributed by atoms with Crippen molar-refractivity contribution in [2.24, 2.45) is 0 Å². The topological polar surface area (TPSA) is 108 Å². The van der Waals surface area contributed by atoms with Gasteiger partial charge in [-0.05, 0) is 47.3 Å². The molecule has 0 bridgehead atoms. The van der Waals surface area contributed by atoms with Crippen LogP contribution in [0.25, 0.3) is 22.4 Å². The number of alkyl halides is 3. The Hall–Kier alpha value is -3.69. The summed E-state index contributed by atoms with van der Waals surface area (Å²) in [4.78, 5) is 19.8. The van der Waals surface area contributed by atoms with Crippen LogP contribution < -0.4 is 11.1 Å². The van der Waals surface area contributed by atoms with Crippen molar-refractivity contribution in [3.05, 3.63) is 59.7 Å². The lowest BCUT2D eigenvalue weighted by molar-refractivity contribution is -0.137. The molecule has 174 valence electrons. The maximum atomic E-state index is 15.1. The number of amides is 1. The van der Waals surface area contributed by atoms with Crippen LogP contribution in [0.5, 0.6) is 0 Å². The maximum Gasteiger partial charge on any atom is 0.416 e. The fourth-order valence-electron chi connectivity index (χ4n) is 3.40. The van der Waals surface area contributed by atoms with E-state index in [-0.39, 0.29) is 40.1 Å². The third-order valence-corrected chi connectivity index (χ3v) is 6.08. The Bertz CT molecular complexity index is 1310. The van der Waals surface area contributed by atoms with Crippen LogP contribution in [0.3, 0.4) is 0 Å². The van der Waals surface area contributed by atoms with E-state index in [1.807, 2.05) is 6.07 Å². The fraction of sp³-hybridized carbons (Fsp3) is 0.182. The van der Waals surface area contributed by atoms with Gasteiger partial charge in [0.15, 0.2) is 5.69 Å². The van der Waals surface area contributed by atoms with Crippen molar-refractivity contribution in [3.63, 3.8) is 0 Å². The number of halogens is 4. The number of rotatable bonds is 4. The van der Waals surface area contributed by atoms with Crippen LogP contribution in [0, 0.1) is 17.1 Å². The zero-order valence-electron chi connectivity index (χ0n) is 17.4. The van der Waals surface area contributed by atoms with Gasteiger partial charge in [0.1, 0.15) is 23.4 Å². The van der Waals surface area contributed by atoms with E-state index >= 15 is 4.39 Å². The molecule has 0 radical (unpaired) electrons. The minimum absolute atomic E-state index is 0.00150. The number of aromatic nitrogens is 2. The molecule has 4 rings (SSSR count). The first-order valence-electron chi connectivity index (χ1n) is 9.89. The van der Waals surface area contributed by atoms with Gasteiger partial charge in [0.2, 0.25) is 5.91 Å². The molecule has 1 fully saturated rings. The van der Waals surface area contributed by atoms with E-state index in [4.69, 9.17) is 5.73 Å². The highest BCUT2D eigenvalue weighted by Gasteiger charge is 2.32. The zero-order chi connectivity index (χ0) is 24.5. The predicted octanol–water partition coefficient (Wildman–Crippen LogP) is 3.86. The molecule has 0 atom stereocenters. The normalized spacial score (nSPS) is 14.5. The number of carbonyl (C=O) groups is 1. The summed E-state index contributed by atoms with van der Waals surface area (Å²) >= 11 is 1.00. The quantitative estimate of drug-likeness (QED) is 0.424. The average Bonchev–Trinajstić information content (AvgIpc) is 2.78. The summed E-state index contributed by atoms with van der Waals surface area (Å²) in [6, 6.07) is 9.06. The third-order valence-electron chi connectivity index (χ3n) is 4.97. The van der Waals surface area contributed by atoms with Crippen molar-refractivity contribution in [3.8, 4) is 28.5 Å². The first-order valence-corrected chi connectivity index (χ1v) is 10.7. The van der Waals surface area contributed by atoms with Crippen LogP contribution in [-0.2, 0) is 11.0 Å². The van der Waals surface area contributed by atoms with Gasteiger partial charge in [0.05, 0.1) is 18.3 Å². The Morgan fingerprint density at radius 2 is 1.94 bits per heavy atom. The maximum absolute atomic E-state index is 15.1. The Morgan fingerprint density at radius 3 is 2.62 bits per heavy atom. The van der Waals surface area contributed by atoms with Crippen LogP contribution >= 0.6 is 11.9 Å². The molecule has 3 N–H and O–H groups in total. The van der Waals surface area contributed by atoms with Gasteiger partial charge in [0.25, 0.3) is 0 Å². The van der Waals surface area contributed by atoms with Crippen molar-refractivity contribution >= 4 is 23.7 Å². The van der Waals surface area contributed by atoms with Crippen LogP contribution in [0.15, 0.2) is 47.5 Å². The summed E-state index contributed by atoms with van der Waals surface area (Å²) in [5.74, 6) is -0.961. The van der Waals surface area contributed by atoms with Crippen LogP contribution in [0.2, 0.25) is 0 Å². The van der Waals surface area contributed by atoms with Gasteiger partial charge in [-0.3, -0.25) is 4.79 Å². The molecule has 7 nitrogen and oxygen atoms in total. The summed E-state index contributed by atoms with van der Waals surface area (Å²) in [5, 5.41) is 11.9. The van der Waals surface area contributed by atoms with Gasteiger partial charge in [-0.15, -0.1) is 0 Å². The van der Waals surface area contributed by atoms with Gasteiger partial charge in [-0.1, -0.05) is 12.1 Å². The van der Waals surface area contributed by atoms with Crippen molar-refractivity contribution in [2.75, 3.05) is 25.4 Å². The molecule has 2 heterocycles. The molecule has 0 unspecified atom stereocenters. The monoisotopic (exact) mass is 488 g/mol. The van der Waals surface area contributed by atoms with E-state index in [1.54, 1.807) is 4.31 Å². The highest BCUT2D eigenvalue weighted by molar-refractivity contribution is 7.97. The van der Waals surface area contributed by atoms with Gasteiger partial charge in [-0.25, -0.2) is 18.7 Å². The number of nitrogen functional groups attached to an aromatic ring is 1. The minimum atomic E-state index is -4.57. The highest BCUT2D eigenvalue weighted by Crippen LogP contribution is 2.40. The van der Waals surface area contributed by atoms with Crippen LogP contribution in [0.4, 0.5) is 23.4 Å². The lowest BCUT2D eigenvalue weighted by Gasteiger charge is -2.26. The van der Waals surface area contributed by atoms with E-state index in [9.17, 15) is 23.2 Å². The Labute approximate surface area is 195 Å². The molecular weight excluding hydrogens is 472 g/mol. The summed E-state index contributed by atoms with van der Waals surface area (Å²) in [6.07, 6.45) is -3.37. The minimum Gasteiger partial charge on any atom is -0.382 e. The van der Waals surface area contributed by atoms with Crippen LogP contribution in [-0.4, -0.2) is 39.8 Å². The summed E-state index contributed by atoms with van der Waals surface area (Å²) < 4.78 is 56.8. The number of nitriles is 1. The molecule has 3 aromatic rings. The van der Waals surface area contributed by atoms with E-state index < -0.39 is 17.6 Å². The molecule has 1 aliphatic heterocycles. The predicted molar refractivity (Wildman–Crippen MR) is 117 cm³/mol. The number of carbonyl (C=O) groups excluding carboxylic acids is 1. The van der Waals surface area contributed by atoms with Crippen molar-refractivity contribution < 1.29 is 22.4 Å². The molecule has 1 amide bonds. The lowest BCUT2D eigenvalue weighted by Crippen LogP contribution is -2.44. The third kappa shape index (κ3) is 4.95. The smallest absolute Gasteiger partial charge is 0.382 e. The second kappa shape index (κ2) is 9.28. The summed E-state index contributed by atoms with van der Waals surface area (Å²) in [5.41, 5.74) is 5.21. The Kier molecular flexibility index (Phi) is 6.41. The van der Waals surface area contributed by atoms with Gasteiger partial charge in [0, 0.05) is 23.5 Å². The van der Waals surface area contributed by atoms with Gasteiger partial charge < -0.3 is 11.1 Å². The van der Waals surface area contributed by atoms with E-state index in [2.05, 4.69) is 15.3 Å². The first kappa shape index (κ1) is 23.5. The first-order chi connectivity index (χ1) is 16.2. The standard InChI is InChI=1S/C22H16F4N6OS/c23-16-7-12(1-3-15(16)21-17(9-27)31-19(28)10-30-21)14-4-2-13(22(24,25)26)8-18(14)34-32-6-5-29-20(33)11-32/h1-4,7-8,10H,5-6,11H2,(H2,28,31)(H,29,33). The molecule has 2 aromatic carbocycles. The Morgan fingerprint density at radius 1 is 1.18 bits per heavy atom. The molecule has 1 aromatic heterocycles. The second-order valence-corrected chi connectivity index (χ2v) is 8.45. The van der Waals surface area contributed by atoms with Crippen molar-refractivity contribution in [1.29, 1.82) is 5.26 Å². The average molecular weight is 488 g/mol. The number of nitrogens with two attached hydrogens (primary N) is 1. The number of benzene rings is 2. The number of hydrogen-bond donors (Lipinski definition) is 2. The molecule has 1 aliphatic rings. The molecular formula is C22H16F4N6OS. The van der Waals surface area contributed by atoms with Crippen LogP contribution in [0.1, 0.15) is 11.3 Å². The number of nitrogens with zero attached hydrogens (tertiary/aromatic N) is 4. The SMILES string of the molecule is N#Cc1nc(N)cnc1-c1ccc(-c2ccc(C(F)(F)F)cc2SN2CCNC(=O)C2)cc1F. The second-order valence-electron chi connectivity index (χ2n) is 7.31. The number of anilines is 1. The van der Waals surface area contributed by atoms with E-state index in [0.717, 1.165) is 30.1 Å². The lowest BCUT2D eigenvalue weighted by atomic mass is 10.00. The van der Waals surface area contributed by atoms with Crippen molar-refractivity contribution in [1.82, 2.24) is 19.6 Å². The number of nitrogens with one attached hydrogen (secondary N) is 1.